The van der Waals surface area contributed by atoms with E-state index in [2.05, 4.69) is 6.92 Å². The molecule has 0 unspecified atom stereocenters. The molecule has 0 bridgehead atoms. The lowest BCUT2D eigenvalue weighted by atomic mass is 9.90. The van der Waals surface area contributed by atoms with Crippen LogP contribution in [-0.4, -0.2) is 41.9 Å². The number of nitrogens with two attached hydrogens (primary N) is 1. The molecule has 25 heavy (non-hydrogen) atoms. The van der Waals surface area contributed by atoms with Crippen molar-refractivity contribution in [1.29, 1.82) is 0 Å². The highest BCUT2D eigenvalue weighted by Crippen LogP contribution is 2.32. The molecule has 1 saturated heterocycles. The minimum atomic E-state index is -0.588. The number of nitrogens with zero attached hydrogens (tertiary/aromatic N) is 1. The summed E-state index contributed by atoms with van der Waals surface area (Å²) in [6.07, 6.45) is 5.41. The van der Waals surface area contributed by atoms with Crippen molar-refractivity contribution in [2.24, 2.45) is 11.7 Å². The van der Waals surface area contributed by atoms with E-state index in [9.17, 15) is 14.4 Å². The molecule has 2 atom stereocenters. The average Bonchev–Trinajstić information content (AvgIpc) is 3.02. The Bertz CT molecular complexity index is 685. The Kier molecular flexibility index (Phi) is 5.42. The zero-order valence-corrected chi connectivity index (χ0v) is 15.3. The standard InChI is InChI=1S/C18H24N2O4S/c1-11-5-6-14-12(8-11)9-15(25-14)18(23)24-10-16(21)20-7-3-2-4-13(20)17(19)22/h9,11,13H,2-8,10H2,1H3,(H2,19,22)/t11-,13-/m1/s1. The van der Waals surface area contributed by atoms with Crippen LogP contribution in [0.2, 0.25) is 0 Å². The molecule has 2 aliphatic rings. The number of piperidine rings is 1. The highest BCUT2D eigenvalue weighted by molar-refractivity contribution is 7.14. The molecule has 1 aromatic heterocycles. The number of aryl methyl sites for hydroxylation is 1. The van der Waals surface area contributed by atoms with Gasteiger partial charge in [0.2, 0.25) is 5.91 Å². The van der Waals surface area contributed by atoms with Crippen molar-refractivity contribution in [3.05, 3.63) is 21.4 Å². The van der Waals surface area contributed by atoms with E-state index in [1.54, 1.807) is 0 Å². The van der Waals surface area contributed by atoms with Crippen molar-refractivity contribution < 1.29 is 19.1 Å². The molecule has 0 radical (unpaired) electrons. The number of hydrogen-bond donors (Lipinski definition) is 1. The van der Waals surface area contributed by atoms with Crippen molar-refractivity contribution in [2.75, 3.05) is 13.2 Å². The van der Waals surface area contributed by atoms with E-state index >= 15 is 0 Å². The molecular weight excluding hydrogens is 340 g/mol. The maximum atomic E-state index is 12.3. The fourth-order valence-electron chi connectivity index (χ4n) is 3.61. The summed E-state index contributed by atoms with van der Waals surface area (Å²) in [6, 6.07) is 1.31. The maximum absolute atomic E-state index is 12.3. The minimum absolute atomic E-state index is 0.346. The molecule has 0 spiro atoms. The molecule has 1 aliphatic heterocycles. The normalized spacial score (nSPS) is 23.0. The van der Waals surface area contributed by atoms with Crippen molar-refractivity contribution in [3.8, 4) is 0 Å². The van der Waals surface area contributed by atoms with Crippen molar-refractivity contribution in [1.82, 2.24) is 4.90 Å². The first-order chi connectivity index (χ1) is 12.0. The lowest BCUT2D eigenvalue weighted by Gasteiger charge is -2.33. The third kappa shape index (κ3) is 4.03. The van der Waals surface area contributed by atoms with E-state index in [4.69, 9.17) is 10.5 Å². The molecule has 7 heteroatoms. The zero-order chi connectivity index (χ0) is 18.0. The average molecular weight is 364 g/mol. The topological polar surface area (TPSA) is 89.7 Å². The van der Waals surface area contributed by atoms with E-state index in [0.29, 0.717) is 23.8 Å². The van der Waals surface area contributed by atoms with Crippen molar-refractivity contribution >= 4 is 29.1 Å². The number of fused-ring (bicyclic) bond motifs is 1. The van der Waals surface area contributed by atoms with Crippen LogP contribution in [0.5, 0.6) is 0 Å². The Labute approximate surface area is 151 Å². The van der Waals surface area contributed by atoms with Gasteiger partial charge in [-0.05, 0) is 56.1 Å². The molecule has 2 heterocycles. The van der Waals surface area contributed by atoms with Crippen LogP contribution in [0.4, 0.5) is 0 Å². The Morgan fingerprint density at radius 3 is 2.88 bits per heavy atom. The van der Waals surface area contributed by atoms with Crippen LogP contribution >= 0.6 is 11.3 Å². The molecule has 1 aliphatic carbocycles. The predicted molar refractivity (Wildman–Crippen MR) is 94.3 cm³/mol. The van der Waals surface area contributed by atoms with Crippen molar-refractivity contribution in [3.63, 3.8) is 0 Å². The van der Waals surface area contributed by atoms with Gasteiger partial charge in [0.15, 0.2) is 6.61 Å². The summed E-state index contributed by atoms with van der Waals surface area (Å²) in [5.74, 6) is -0.684. The number of esters is 1. The van der Waals surface area contributed by atoms with Gasteiger partial charge in [0.25, 0.3) is 5.91 Å². The first kappa shape index (κ1) is 17.9. The van der Waals surface area contributed by atoms with Gasteiger partial charge >= 0.3 is 5.97 Å². The zero-order valence-electron chi connectivity index (χ0n) is 14.5. The number of carbonyl (C=O) groups is 3. The number of carbonyl (C=O) groups excluding carboxylic acids is 3. The Morgan fingerprint density at radius 1 is 1.32 bits per heavy atom. The highest BCUT2D eigenvalue weighted by atomic mass is 32.1. The van der Waals surface area contributed by atoms with Gasteiger partial charge in [-0.3, -0.25) is 9.59 Å². The summed E-state index contributed by atoms with van der Waals surface area (Å²) in [5, 5.41) is 0. The second-order valence-electron chi connectivity index (χ2n) is 6.98. The number of amides is 2. The lowest BCUT2D eigenvalue weighted by Crippen LogP contribution is -2.51. The van der Waals surface area contributed by atoms with Crippen LogP contribution in [0.3, 0.4) is 0 Å². The Hall–Kier alpha value is -1.89. The molecule has 6 nitrogen and oxygen atoms in total. The van der Waals surface area contributed by atoms with Gasteiger partial charge in [-0.25, -0.2) is 4.79 Å². The van der Waals surface area contributed by atoms with Crippen LogP contribution in [0.25, 0.3) is 0 Å². The maximum Gasteiger partial charge on any atom is 0.348 e. The molecule has 2 amide bonds. The number of ether oxygens (including phenoxy) is 1. The van der Waals surface area contributed by atoms with Gasteiger partial charge < -0.3 is 15.4 Å². The van der Waals surface area contributed by atoms with Crippen molar-refractivity contribution in [2.45, 2.75) is 51.5 Å². The molecule has 2 N–H and O–H groups in total. The summed E-state index contributed by atoms with van der Waals surface area (Å²) >= 11 is 1.46. The summed E-state index contributed by atoms with van der Waals surface area (Å²) < 4.78 is 5.20. The largest absolute Gasteiger partial charge is 0.451 e. The third-order valence-electron chi connectivity index (χ3n) is 5.01. The van der Waals surface area contributed by atoms with E-state index in [-0.39, 0.29) is 12.5 Å². The summed E-state index contributed by atoms with van der Waals surface area (Å²) in [4.78, 5) is 39.3. The first-order valence-corrected chi connectivity index (χ1v) is 9.65. The summed E-state index contributed by atoms with van der Waals surface area (Å²) in [7, 11) is 0. The first-order valence-electron chi connectivity index (χ1n) is 8.83. The molecule has 1 aromatic rings. The number of hydrogen-bond acceptors (Lipinski definition) is 5. The second-order valence-corrected chi connectivity index (χ2v) is 8.12. The van der Waals surface area contributed by atoms with Crippen LogP contribution in [-0.2, 0) is 27.2 Å². The molecule has 0 aromatic carbocycles. The van der Waals surface area contributed by atoms with Crippen LogP contribution in [0, 0.1) is 5.92 Å². The van der Waals surface area contributed by atoms with Crippen LogP contribution < -0.4 is 5.73 Å². The molecule has 1 fully saturated rings. The number of primary amides is 1. The highest BCUT2D eigenvalue weighted by Gasteiger charge is 2.31. The fraction of sp³-hybridized carbons (Fsp3) is 0.611. The smallest absolute Gasteiger partial charge is 0.348 e. The van der Waals surface area contributed by atoms with Gasteiger partial charge in [-0.15, -0.1) is 11.3 Å². The molecule has 3 rings (SSSR count). The quantitative estimate of drug-likeness (QED) is 0.826. The minimum Gasteiger partial charge on any atom is -0.451 e. The third-order valence-corrected chi connectivity index (χ3v) is 6.23. The van der Waals surface area contributed by atoms with Crippen LogP contribution in [0.15, 0.2) is 6.07 Å². The van der Waals surface area contributed by atoms with Gasteiger partial charge in [0, 0.05) is 11.4 Å². The molecule has 136 valence electrons. The van der Waals surface area contributed by atoms with Gasteiger partial charge in [-0.2, -0.15) is 0 Å². The second kappa shape index (κ2) is 7.56. The van der Waals surface area contributed by atoms with Gasteiger partial charge in [0.05, 0.1) is 0 Å². The van der Waals surface area contributed by atoms with E-state index in [1.807, 2.05) is 6.07 Å². The van der Waals surface area contributed by atoms with Crippen LogP contribution in [0.1, 0.15) is 52.7 Å². The molecular formula is C18H24N2O4S. The number of likely N-dealkylation sites (tertiary alicyclic amines) is 1. The van der Waals surface area contributed by atoms with E-state index in [1.165, 1.54) is 26.7 Å². The number of rotatable bonds is 4. The van der Waals surface area contributed by atoms with E-state index < -0.39 is 17.9 Å². The summed E-state index contributed by atoms with van der Waals surface area (Å²) in [5.41, 5.74) is 6.60. The monoisotopic (exact) mass is 364 g/mol. The van der Waals surface area contributed by atoms with Gasteiger partial charge in [-0.1, -0.05) is 6.92 Å². The lowest BCUT2D eigenvalue weighted by molar-refractivity contribution is -0.143. The summed E-state index contributed by atoms with van der Waals surface area (Å²) in [6.45, 7) is 2.35. The van der Waals surface area contributed by atoms with E-state index in [0.717, 1.165) is 32.1 Å². The van der Waals surface area contributed by atoms with Gasteiger partial charge in [0.1, 0.15) is 10.9 Å². The predicted octanol–water partition coefficient (Wildman–Crippen LogP) is 1.90. The Balaban J connectivity index is 1.58. The SMILES string of the molecule is C[C@@H]1CCc2sc(C(=O)OCC(=O)N3CCCC[C@@H]3C(N)=O)cc2C1. The Morgan fingerprint density at radius 2 is 2.12 bits per heavy atom. The molecule has 0 saturated carbocycles. The number of thiophene rings is 1. The fourth-order valence-corrected chi connectivity index (χ4v) is 4.72.